The van der Waals surface area contributed by atoms with Crippen LogP contribution in [0.15, 0.2) is 15.5 Å². The Balaban J connectivity index is 3.13. The number of hydrogen-bond acceptors (Lipinski definition) is 4. The lowest BCUT2D eigenvalue weighted by atomic mass is 9.93. The molecule has 0 aliphatic carbocycles. The van der Waals surface area contributed by atoms with Gasteiger partial charge in [-0.3, -0.25) is 4.79 Å². The molecule has 1 aromatic heterocycles. The number of nitrogens with zero attached hydrogens (tertiary/aromatic N) is 3. The first-order chi connectivity index (χ1) is 8.86. The lowest BCUT2D eigenvalue weighted by molar-refractivity contribution is 0.379. The lowest BCUT2D eigenvalue weighted by Crippen LogP contribution is -2.40. The number of rotatable bonds is 6. The fraction of sp³-hybridized carbons (Fsp3) is 0.692. The zero-order chi connectivity index (χ0) is 14.6. The number of aryl methyl sites for hydroxylation is 1. The van der Waals surface area contributed by atoms with E-state index in [1.54, 1.807) is 6.20 Å². The summed E-state index contributed by atoms with van der Waals surface area (Å²) in [5, 5.41) is 4.18. The number of halogens is 1. The quantitative estimate of drug-likeness (QED) is 0.864. The highest BCUT2D eigenvalue weighted by Crippen LogP contribution is 2.25. The van der Waals surface area contributed by atoms with Gasteiger partial charge in [-0.15, -0.1) is 0 Å². The van der Waals surface area contributed by atoms with E-state index in [-0.39, 0.29) is 11.0 Å². The third-order valence-corrected chi connectivity index (χ3v) is 3.91. The summed E-state index contributed by atoms with van der Waals surface area (Å²) in [6.07, 6.45) is 1.74. The molecule has 0 amide bonds. The molecule has 2 N–H and O–H groups in total. The Bertz CT molecular complexity index is 484. The van der Waals surface area contributed by atoms with Crippen LogP contribution in [0.1, 0.15) is 27.7 Å². The third-order valence-electron chi connectivity index (χ3n) is 3.16. The van der Waals surface area contributed by atoms with Gasteiger partial charge < -0.3 is 10.6 Å². The fourth-order valence-corrected chi connectivity index (χ4v) is 2.41. The van der Waals surface area contributed by atoms with Gasteiger partial charge >= 0.3 is 0 Å². The van der Waals surface area contributed by atoms with Crippen molar-refractivity contribution in [2.24, 2.45) is 11.1 Å². The van der Waals surface area contributed by atoms with Crippen molar-refractivity contribution in [1.29, 1.82) is 0 Å². The molecule has 1 rings (SSSR count). The van der Waals surface area contributed by atoms with Gasteiger partial charge in [0.2, 0.25) is 0 Å². The number of nitrogens with two attached hydrogens (primary N) is 1. The molecule has 0 bridgehead atoms. The summed E-state index contributed by atoms with van der Waals surface area (Å²) >= 11 is 3.40. The van der Waals surface area contributed by atoms with Crippen LogP contribution in [0.5, 0.6) is 0 Å². The number of aromatic nitrogens is 2. The van der Waals surface area contributed by atoms with Crippen LogP contribution >= 0.6 is 15.9 Å². The minimum atomic E-state index is -0.0935. The van der Waals surface area contributed by atoms with E-state index in [0.29, 0.717) is 17.6 Å². The second kappa shape index (κ2) is 6.52. The van der Waals surface area contributed by atoms with Crippen LogP contribution in [0.25, 0.3) is 0 Å². The molecule has 1 aromatic rings. The maximum atomic E-state index is 12.1. The largest absolute Gasteiger partial charge is 0.369 e. The molecule has 5 nitrogen and oxygen atoms in total. The van der Waals surface area contributed by atoms with Crippen LogP contribution in [-0.4, -0.2) is 29.4 Å². The molecule has 0 saturated carbocycles. The van der Waals surface area contributed by atoms with E-state index in [4.69, 9.17) is 5.73 Å². The summed E-state index contributed by atoms with van der Waals surface area (Å²) in [7, 11) is 0. The van der Waals surface area contributed by atoms with E-state index in [0.717, 1.165) is 18.8 Å². The molecule has 108 valence electrons. The zero-order valence-electron chi connectivity index (χ0n) is 12.1. The maximum Gasteiger partial charge on any atom is 0.283 e. The highest BCUT2D eigenvalue weighted by molar-refractivity contribution is 9.10. The van der Waals surface area contributed by atoms with E-state index in [1.165, 1.54) is 4.68 Å². The first kappa shape index (κ1) is 16.2. The predicted octanol–water partition coefficient (Wildman–Crippen LogP) is 1.84. The molecular weight excluding hydrogens is 308 g/mol. The topological polar surface area (TPSA) is 64.2 Å². The van der Waals surface area contributed by atoms with Crippen LogP contribution in [0.4, 0.5) is 5.69 Å². The Labute approximate surface area is 122 Å². The minimum Gasteiger partial charge on any atom is -0.369 e. The molecule has 6 heteroatoms. The van der Waals surface area contributed by atoms with Crippen molar-refractivity contribution in [3.63, 3.8) is 0 Å². The molecule has 1 heterocycles. The van der Waals surface area contributed by atoms with Crippen molar-refractivity contribution >= 4 is 21.6 Å². The van der Waals surface area contributed by atoms with Gasteiger partial charge in [0.1, 0.15) is 4.47 Å². The summed E-state index contributed by atoms with van der Waals surface area (Å²) in [5.41, 5.74) is 6.51. The van der Waals surface area contributed by atoms with Gasteiger partial charge in [-0.05, 0) is 41.7 Å². The molecule has 19 heavy (non-hydrogen) atoms. The summed E-state index contributed by atoms with van der Waals surface area (Å²) in [5.74, 6) is 0. The summed E-state index contributed by atoms with van der Waals surface area (Å²) < 4.78 is 2.01. The van der Waals surface area contributed by atoms with Crippen LogP contribution < -0.4 is 16.2 Å². The standard InChI is InChI=1S/C13H23BrN4O/c1-5-17(9-13(3,4)8-15)10-7-16-18(6-2)12(19)11(10)14/h7H,5-6,8-9,15H2,1-4H3. The van der Waals surface area contributed by atoms with Crippen molar-refractivity contribution in [2.45, 2.75) is 34.2 Å². The summed E-state index contributed by atoms with van der Waals surface area (Å²) in [6.45, 7) is 10.9. The average Bonchev–Trinajstić information content (AvgIpc) is 2.39. The predicted molar refractivity (Wildman–Crippen MR) is 82.6 cm³/mol. The third kappa shape index (κ3) is 3.79. The second-order valence-corrected chi connectivity index (χ2v) is 6.14. The smallest absolute Gasteiger partial charge is 0.283 e. The van der Waals surface area contributed by atoms with Gasteiger partial charge in [0.15, 0.2) is 0 Å². The van der Waals surface area contributed by atoms with Gasteiger partial charge in [0.05, 0.1) is 11.9 Å². The first-order valence-corrected chi connectivity index (χ1v) is 7.36. The molecular formula is C13H23BrN4O. The Kier molecular flexibility index (Phi) is 5.55. The monoisotopic (exact) mass is 330 g/mol. The van der Waals surface area contributed by atoms with Crippen molar-refractivity contribution in [3.8, 4) is 0 Å². The summed E-state index contributed by atoms with van der Waals surface area (Å²) in [4.78, 5) is 14.2. The molecule has 0 aliphatic rings. The molecule has 0 fully saturated rings. The molecule has 0 aliphatic heterocycles. The molecule has 0 atom stereocenters. The van der Waals surface area contributed by atoms with Crippen LogP contribution in [-0.2, 0) is 6.54 Å². The molecule has 0 spiro atoms. The van der Waals surface area contributed by atoms with Crippen LogP contribution in [0, 0.1) is 5.41 Å². The normalized spacial score (nSPS) is 11.7. The van der Waals surface area contributed by atoms with Gasteiger partial charge in [-0.25, -0.2) is 4.68 Å². The van der Waals surface area contributed by atoms with E-state index < -0.39 is 0 Å². The Morgan fingerprint density at radius 3 is 2.58 bits per heavy atom. The van der Waals surface area contributed by atoms with Gasteiger partial charge in [-0.2, -0.15) is 5.10 Å². The highest BCUT2D eigenvalue weighted by atomic mass is 79.9. The summed E-state index contributed by atoms with van der Waals surface area (Å²) in [6, 6.07) is 0. The van der Waals surface area contributed by atoms with Crippen molar-refractivity contribution in [3.05, 3.63) is 21.0 Å². The molecule has 0 unspecified atom stereocenters. The molecule has 0 saturated heterocycles. The van der Waals surface area contributed by atoms with E-state index in [2.05, 4.69) is 46.7 Å². The van der Waals surface area contributed by atoms with Crippen LogP contribution in [0.2, 0.25) is 0 Å². The van der Waals surface area contributed by atoms with Crippen molar-refractivity contribution < 1.29 is 0 Å². The van der Waals surface area contributed by atoms with Crippen molar-refractivity contribution in [2.75, 3.05) is 24.5 Å². The maximum absolute atomic E-state index is 12.1. The Morgan fingerprint density at radius 2 is 2.11 bits per heavy atom. The highest BCUT2D eigenvalue weighted by Gasteiger charge is 2.22. The first-order valence-electron chi connectivity index (χ1n) is 6.57. The van der Waals surface area contributed by atoms with E-state index in [9.17, 15) is 4.79 Å². The number of anilines is 1. The van der Waals surface area contributed by atoms with Crippen molar-refractivity contribution in [1.82, 2.24) is 9.78 Å². The van der Waals surface area contributed by atoms with Gasteiger partial charge in [0.25, 0.3) is 5.56 Å². The average molecular weight is 331 g/mol. The second-order valence-electron chi connectivity index (χ2n) is 5.35. The van der Waals surface area contributed by atoms with Crippen LogP contribution in [0.3, 0.4) is 0 Å². The number of hydrogen-bond donors (Lipinski definition) is 1. The SMILES string of the molecule is CCN(CC(C)(C)CN)c1cnn(CC)c(=O)c1Br. The molecule has 0 aromatic carbocycles. The Morgan fingerprint density at radius 1 is 1.47 bits per heavy atom. The zero-order valence-corrected chi connectivity index (χ0v) is 13.7. The van der Waals surface area contributed by atoms with E-state index in [1.807, 2.05) is 6.92 Å². The Hall–Kier alpha value is -0.880. The lowest BCUT2D eigenvalue weighted by Gasteiger charge is -2.32. The fourth-order valence-electron chi connectivity index (χ4n) is 1.85. The molecule has 0 radical (unpaired) electrons. The van der Waals surface area contributed by atoms with E-state index >= 15 is 0 Å². The minimum absolute atomic E-state index is 0.00489. The van der Waals surface area contributed by atoms with Gasteiger partial charge in [-0.1, -0.05) is 13.8 Å². The van der Waals surface area contributed by atoms with Gasteiger partial charge in [0, 0.05) is 19.6 Å².